The molecule has 24 heavy (non-hydrogen) atoms. The predicted molar refractivity (Wildman–Crippen MR) is 92.1 cm³/mol. The maximum Gasteiger partial charge on any atom is 0.335 e. The second-order valence-corrected chi connectivity index (χ2v) is 6.28. The topological polar surface area (TPSA) is 69.6 Å². The number of hydrogen-bond acceptors (Lipinski definition) is 3. The van der Waals surface area contributed by atoms with Crippen LogP contribution in [-0.2, 0) is 17.9 Å². The molecule has 0 radical (unpaired) electrons. The lowest BCUT2D eigenvalue weighted by Crippen LogP contribution is -2.29. The summed E-state index contributed by atoms with van der Waals surface area (Å²) in [4.78, 5) is 25.3. The highest BCUT2D eigenvalue weighted by Crippen LogP contribution is 2.25. The molecule has 124 valence electrons. The number of carbonyl (C=O) groups is 2. The molecule has 1 aliphatic rings. The first kappa shape index (κ1) is 16.2. The minimum atomic E-state index is -1.01. The predicted octanol–water partition coefficient (Wildman–Crippen LogP) is 2.96. The molecule has 0 atom stereocenters. The summed E-state index contributed by atoms with van der Waals surface area (Å²) in [5.74, 6) is -1.15. The lowest BCUT2D eigenvalue weighted by molar-refractivity contribution is -0.117. The van der Waals surface area contributed by atoms with Crippen molar-refractivity contribution in [2.45, 2.75) is 26.9 Å². The summed E-state index contributed by atoms with van der Waals surface area (Å²) in [7, 11) is 0. The van der Waals surface area contributed by atoms with Crippen LogP contribution in [0.3, 0.4) is 0 Å². The number of nitrogens with zero attached hydrogens (tertiary/aromatic N) is 1. The summed E-state index contributed by atoms with van der Waals surface area (Å²) in [5.41, 5.74) is 5.75. The van der Waals surface area contributed by atoms with Crippen LogP contribution in [0.4, 0.5) is 5.69 Å². The largest absolute Gasteiger partial charge is 0.478 e. The summed E-state index contributed by atoms with van der Waals surface area (Å²) < 4.78 is 0. The Kier molecular flexibility index (Phi) is 4.36. The number of aromatic carboxylic acids is 1. The molecule has 2 N–H and O–H groups in total. The van der Waals surface area contributed by atoms with Crippen LogP contribution in [-0.4, -0.2) is 28.4 Å². The average Bonchev–Trinajstić information content (AvgIpc) is 2.88. The van der Waals surface area contributed by atoms with Gasteiger partial charge in [0.25, 0.3) is 0 Å². The van der Waals surface area contributed by atoms with Gasteiger partial charge in [0, 0.05) is 18.8 Å². The fraction of sp³-hybridized carbons (Fsp3) is 0.263. The molecule has 1 aliphatic heterocycles. The number of rotatable bonds is 4. The maximum absolute atomic E-state index is 12.2. The van der Waals surface area contributed by atoms with E-state index in [2.05, 4.69) is 36.2 Å². The Morgan fingerprint density at radius 3 is 2.29 bits per heavy atom. The summed E-state index contributed by atoms with van der Waals surface area (Å²) in [5, 5.41) is 11.8. The standard InChI is InChI=1S/C19H20N2O3/c1-12-6-15-9-21(10-16(15)7-13(12)2)11-18(22)20-17-5-3-4-14(8-17)19(23)24/h3-8H,9-11H2,1-2H3,(H,20,22)(H,23,24). The molecule has 3 rings (SSSR count). The summed E-state index contributed by atoms with van der Waals surface area (Å²) in [6.07, 6.45) is 0. The van der Waals surface area contributed by atoms with Crippen LogP contribution in [0, 0.1) is 13.8 Å². The van der Waals surface area contributed by atoms with E-state index in [1.807, 2.05) is 0 Å². The van der Waals surface area contributed by atoms with Crippen molar-refractivity contribution < 1.29 is 14.7 Å². The summed E-state index contributed by atoms with van der Waals surface area (Å²) in [6, 6.07) is 10.7. The molecule has 5 heteroatoms. The van der Waals surface area contributed by atoms with Crippen molar-refractivity contribution in [3.63, 3.8) is 0 Å². The molecule has 2 aromatic carbocycles. The minimum absolute atomic E-state index is 0.140. The molecule has 0 bridgehead atoms. The number of benzene rings is 2. The molecule has 0 aromatic heterocycles. The molecule has 0 saturated heterocycles. The Bertz CT molecular complexity index is 783. The zero-order valence-corrected chi connectivity index (χ0v) is 13.8. The number of amides is 1. The van der Waals surface area contributed by atoms with Gasteiger partial charge in [0.05, 0.1) is 12.1 Å². The van der Waals surface area contributed by atoms with Crippen LogP contribution in [0.2, 0.25) is 0 Å². The highest BCUT2D eigenvalue weighted by molar-refractivity contribution is 5.94. The minimum Gasteiger partial charge on any atom is -0.478 e. The van der Waals surface area contributed by atoms with Crippen molar-refractivity contribution in [3.8, 4) is 0 Å². The van der Waals surface area contributed by atoms with E-state index in [9.17, 15) is 9.59 Å². The highest BCUT2D eigenvalue weighted by Gasteiger charge is 2.21. The van der Waals surface area contributed by atoms with Crippen molar-refractivity contribution in [3.05, 3.63) is 64.2 Å². The molecular weight excluding hydrogens is 304 g/mol. The Balaban J connectivity index is 1.62. The van der Waals surface area contributed by atoms with E-state index in [0.29, 0.717) is 5.69 Å². The summed E-state index contributed by atoms with van der Waals surface area (Å²) in [6.45, 7) is 6.00. The maximum atomic E-state index is 12.2. The van der Waals surface area contributed by atoms with E-state index in [0.717, 1.165) is 13.1 Å². The molecule has 0 spiro atoms. The van der Waals surface area contributed by atoms with E-state index in [4.69, 9.17) is 5.11 Å². The first-order valence-corrected chi connectivity index (χ1v) is 7.87. The van der Waals surface area contributed by atoms with Gasteiger partial charge in [-0.05, 0) is 54.3 Å². The third kappa shape index (κ3) is 3.46. The lowest BCUT2D eigenvalue weighted by Gasteiger charge is -2.14. The molecule has 1 heterocycles. The molecule has 0 unspecified atom stereocenters. The van der Waals surface area contributed by atoms with Gasteiger partial charge in [0.15, 0.2) is 0 Å². The van der Waals surface area contributed by atoms with Crippen molar-refractivity contribution >= 4 is 17.6 Å². The van der Waals surface area contributed by atoms with Crippen LogP contribution in [0.5, 0.6) is 0 Å². The quantitative estimate of drug-likeness (QED) is 0.907. The fourth-order valence-electron chi connectivity index (χ4n) is 3.01. The van der Waals surface area contributed by atoms with Crippen molar-refractivity contribution in [2.24, 2.45) is 0 Å². The molecule has 0 fully saturated rings. The zero-order valence-electron chi connectivity index (χ0n) is 13.8. The van der Waals surface area contributed by atoms with Crippen LogP contribution >= 0.6 is 0 Å². The number of carboxylic acid groups (broad SMARTS) is 1. The number of nitrogens with one attached hydrogen (secondary N) is 1. The molecule has 2 aromatic rings. The molecule has 0 saturated carbocycles. The van der Waals surface area contributed by atoms with Gasteiger partial charge in [-0.1, -0.05) is 18.2 Å². The highest BCUT2D eigenvalue weighted by atomic mass is 16.4. The van der Waals surface area contributed by atoms with Crippen LogP contribution < -0.4 is 5.32 Å². The van der Waals surface area contributed by atoms with E-state index >= 15 is 0 Å². The first-order valence-electron chi connectivity index (χ1n) is 7.87. The van der Waals surface area contributed by atoms with E-state index in [-0.39, 0.29) is 18.0 Å². The third-order valence-corrected chi connectivity index (χ3v) is 4.36. The van der Waals surface area contributed by atoms with Gasteiger partial charge in [-0.25, -0.2) is 4.79 Å². The SMILES string of the molecule is Cc1cc2c(cc1C)CN(CC(=O)Nc1cccc(C(=O)O)c1)C2. The van der Waals surface area contributed by atoms with Gasteiger partial charge in [-0.3, -0.25) is 9.69 Å². The van der Waals surface area contributed by atoms with Gasteiger partial charge in [-0.15, -0.1) is 0 Å². The van der Waals surface area contributed by atoms with Gasteiger partial charge in [0.1, 0.15) is 0 Å². The molecule has 0 aliphatic carbocycles. The number of aryl methyl sites for hydroxylation is 2. The van der Waals surface area contributed by atoms with Crippen molar-refractivity contribution in [2.75, 3.05) is 11.9 Å². The smallest absolute Gasteiger partial charge is 0.335 e. The summed E-state index contributed by atoms with van der Waals surface area (Å²) >= 11 is 0. The normalized spacial score (nSPS) is 13.6. The number of fused-ring (bicyclic) bond motifs is 1. The lowest BCUT2D eigenvalue weighted by atomic mass is 10.0. The molecule has 5 nitrogen and oxygen atoms in total. The number of anilines is 1. The zero-order chi connectivity index (χ0) is 17.3. The van der Waals surface area contributed by atoms with E-state index < -0.39 is 5.97 Å². The van der Waals surface area contributed by atoms with Gasteiger partial charge < -0.3 is 10.4 Å². The van der Waals surface area contributed by atoms with E-state index in [1.165, 1.54) is 34.4 Å². The first-order chi connectivity index (χ1) is 11.4. The van der Waals surface area contributed by atoms with Crippen molar-refractivity contribution in [1.82, 2.24) is 4.90 Å². The van der Waals surface area contributed by atoms with Gasteiger partial charge in [0.2, 0.25) is 5.91 Å². The number of carbonyl (C=O) groups excluding carboxylic acids is 1. The number of hydrogen-bond donors (Lipinski definition) is 2. The van der Waals surface area contributed by atoms with Crippen LogP contribution in [0.25, 0.3) is 0 Å². The fourth-order valence-corrected chi connectivity index (χ4v) is 3.01. The van der Waals surface area contributed by atoms with Crippen molar-refractivity contribution in [1.29, 1.82) is 0 Å². The second-order valence-electron chi connectivity index (χ2n) is 6.28. The monoisotopic (exact) mass is 324 g/mol. The Hall–Kier alpha value is -2.66. The molecular formula is C19H20N2O3. The molecule has 1 amide bonds. The Morgan fingerprint density at radius 1 is 1.08 bits per heavy atom. The van der Waals surface area contributed by atoms with E-state index in [1.54, 1.807) is 12.1 Å². The van der Waals surface area contributed by atoms with Crippen LogP contribution in [0.15, 0.2) is 36.4 Å². The second kappa shape index (κ2) is 6.45. The average molecular weight is 324 g/mol. The van der Waals surface area contributed by atoms with Gasteiger partial charge >= 0.3 is 5.97 Å². The third-order valence-electron chi connectivity index (χ3n) is 4.36. The van der Waals surface area contributed by atoms with Gasteiger partial charge in [-0.2, -0.15) is 0 Å². The number of carboxylic acids is 1. The Morgan fingerprint density at radius 2 is 1.71 bits per heavy atom. The van der Waals surface area contributed by atoms with Crippen LogP contribution in [0.1, 0.15) is 32.6 Å². The Labute approximate surface area is 140 Å².